The Kier molecular flexibility index (Phi) is 9.90. The van der Waals surface area contributed by atoms with Crippen molar-refractivity contribution >= 4 is 11.8 Å². The number of nitrogens with zero attached hydrogens (tertiary/aromatic N) is 1. The maximum atomic E-state index is 11.6. The van der Waals surface area contributed by atoms with Crippen LogP contribution >= 0.6 is 0 Å². The van der Waals surface area contributed by atoms with Crippen LogP contribution in [0.2, 0.25) is 0 Å². The number of hydrogen-bond acceptors (Lipinski definition) is 4. The number of likely N-dealkylation sites (N-methyl/N-ethyl adjacent to an activating group) is 1. The molecule has 0 aromatic heterocycles. The number of hydrogen-bond donors (Lipinski definition) is 2. The summed E-state index contributed by atoms with van der Waals surface area (Å²) in [6, 6.07) is 0. The van der Waals surface area contributed by atoms with Crippen LogP contribution in [-0.2, 0) is 14.3 Å². The van der Waals surface area contributed by atoms with Crippen molar-refractivity contribution in [1.82, 2.24) is 15.5 Å². The summed E-state index contributed by atoms with van der Waals surface area (Å²) in [7, 11) is 3.22. The molecule has 0 fully saturated rings. The van der Waals surface area contributed by atoms with Gasteiger partial charge in [0.25, 0.3) is 0 Å². The maximum Gasteiger partial charge on any atom is 0.239 e. The molecule has 2 amide bonds. The number of ether oxygens (including phenoxy) is 1. The van der Waals surface area contributed by atoms with Crippen LogP contribution in [0.25, 0.3) is 0 Å². The van der Waals surface area contributed by atoms with E-state index >= 15 is 0 Å². The van der Waals surface area contributed by atoms with Crippen molar-refractivity contribution in [3.63, 3.8) is 0 Å². The highest BCUT2D eigenvalue weighted by Gasteiger charge is 2.11. The number of rotatable bonds is 10. The minimum Gasteiger partial charge on any atom is -0.385 e. The Labute approximate surface area is 108 Å². The zero-order valence-corrected chi connectivity index (χ0v) is 11.2. The van der Waals surface area contributed by atoms with Crippen molar-refractivity contribution < 1.29 is 14.3 Å². The number of nitrogens with one attached hydrogen (secondary N) is 2. The molecule has 0 aliphatic heterocycles. The van der Waals surface area contributed by atoms with Crippen molar-refractivity contribution in [2.75, 3.05) is 46.9 Å². The van der Waals surface area contributed by atoms with Gasteiger partial charge in [0, 0.05) is 33.9 Å². The van der Waals surface area contributed by atoms with Gasteiger partial charge in [0.05, 0.1) is 13.1 Å². The van der Waals surface area contributed by atoms with Crippen molar-refractivity contribution in [3.05, 3.63) is 12.7 Å². The lowest BCUT2D eigenvalue weighted by Gasteiger charge is -2.16. The monoisotopic (exact) mass is 257 g/mol. The van der Waals surface area contributed by atoms with Crippen LogP contribution in [0.5, 0.6) is 0 Å². The van der Waals surface area contributed by atoms with E-state index in [2.05, 4.69) is 17.2 Å². The van der Waals surface area contributed by atoms with Gasteiger partial charge in [-0.25, -0.2) is 0 Å². The van der Waals surface area contributed by atoms with E-state index in [1.807, 2.05) is 0 Å². The van der Waals surface area contributed by atoms with Crippen LogP contribution < -0.4 is 10.6 Å². The Morgan fingerprint density at radius 3 is 2.78 bits per heavy atom. The zero-order valence-electron chi connectivity index (χ0n) is 11.2. The standard InChI is InChI=1S/C12H23N3O3/c1-4-6-13-9-12(17)15(2)10-11(16)14-7-5-8-18-3/h4,13H,1,5-10H2,2-3H3,(H,14,16). The lowest BCUT2D eigenvalue weighted by atomic mass is 10.4. The van der Waals surface area contributed by atoms with Gasteiger partial charge in [0.2, 0.25) is 11.8 Å². The molecular formula is C12H23N3O3. The van der Waals surface area contributed by atoms with E-state index in [1.165, 1.54) is 4.90 Å². The largest absolute Gasteiger partial charge is 0.385 e. The lowest BCUT2D eigenvalue weighted by Crippen LogP contribution is -2.42. The first kappa shape index (κ1) is 16.6. The van der Waals surface area contributed by atoms with Crippen LogP contribution in [0.4, 0.5) is 0 Å². The van der Waals surface area contributed by atoms with Gasteiger partial charge in [0.15, 0.2) is 0 Å². The number of carbonyl (C=O) groups excluding carboxylic acids is 2. The molecule has 0 bridgehead atoms. The van der Waals surface area contributed by atoms with Gasteiger partial charge in [-0.1, -0.05) is 6.08 Å². The molecule has 6 nitrogen and oxygen atoms in total. The van der Waals surface area contributed by atoms with Gasteiger partial charge in [0.1, 0.15) is 0 Å². The lowest BCUT2D eigenvalue weighted by molar-refractivity contribution is -0.134. The van der Waals surface area contributed by atoms with E-state index in [0.717, 1.165) is 6.42 Å². The van der Waals surface area contributed by atoms with Gasteiger partial charge >= 0.3 is 0 Å². The Bertz CT molecular complexity index is 269. The van der Waals surface area contributed by atoms with Crippen LogP contribution in [0.1, 0.15) is 6.42 Å². The summed E-state index contributed by atoms with van der Waals surface area (Å²) >= 11 is 0. The van der Waals surface area contributed by atoms with Crippen LogP contribution in [-0.4, -0.2) is 63.7 Å². The fourth-order valence-electron chi connectivity index (χ4n) is 1.22. The molecule has 104 valence electrons. The van der Waals surface area contributed by atoms with Gasteiger partial charge in [-0.15, -0.1) is 6.58 Å². The molecule has 0 rings (SSSR count). The molecule has 6 heteroatoms. The Morgan fingerprint density at radius 1 is 1.44 bits per heavy atom. The predicted molar refractivity (Wildman–Crippen MR) is 70.2 cm³/mol. The molecule has 0 radical (unpaired) electrons. The second-order valence-corrected chi connectivity index (χ2v) is 3.87. The first-order chi connectivity index (χ1) is 8.61. The molecule has 0 atom stereocenters. The van der Waals surface area contributed by atoms with E-state index in [1.54, 1.807) is 20.2 Å². The average Bonchev–Trinajstić information content (AvgIpc) is 2.34. The third-order valence-corrected chi connectivity index (χ3v) is 2.22. The SMILES string of the molecule is C=CCNCC(=O)N(C)CC(=O)NCCCOC. The minimum absolute atomic E-state index is 0.0710. The second-order valence-electron chi connectivity index (χ2n) is 3.87. The summed E-state index contributed by atoms with van der Waals surface area (Å²) in [5.74, 6) is -0.283. The molecular weight excluding hydrogens is 234 g/mol. The minimum atomic E-state index is -0.161. The average molecular weight is 257 g/mol. The number of methoxy groups -OCH3 is 1. The van der Waals surface area contributed by atoms with Crippen molar-refractivity contribution in [3.8, 4) is 0 Å². The molecule has 2 N–H and O–H groups in total. The molecule has 0 aliphatic carbocycles. The quantitative estimate of drug-likeness (QED) is 0.404. The van der Waals surface area contributed by atoms with Crippen molar-refractivity contribution in [2.24, 2.45) is 0 Å². The van der Waals surface area contributed by atoms with Crippen LogP contribution in [0.3, 0.4) is 0 Å². The topological polar surface area (TPSA) is 70.7 Å². The van der Waals surface area contributed by atoms with E-state index in [4.69, 9.17) is 4.74 Å². The summed E-state index contributed by atoms with van der Waals surface area (Å²) in [5, 5.41) is 5.61. The summed E-state index contributed by atoms with van der Waals surface area (Å²) in [6.07, 6.45) is 2.44. The van der Waals surface area contributed by atoms with E-state index in [0.29, 0.717) is 19.7 Å². The molecule has 0 aromatic rings. The van der Waals surface area contributed by atoms with Gasteiger partial charge in [-0.3, -0.25) is 9.59 Å². The summed E-state index contributed by atoms with van der Waals surface area (Å²) in [6.45, 7) is 5.56. The third kappa shape index (κ3) is 8.72. The van der Waals surface area contributed by atoms with Gasteiger partial charge < -0.3 is 20.3 Å². The first-order valence-corrected chi connectivity index (χ1v) is 5.93. The van der Waals surface area contributed by atoms with Crippen molar-refractivity contribution in [2.45, 2.75) is 6.42 Å². The van der Waals surface area contributed by atoms with Crippen LogP contribution in [0, 0.1) is 0 Å². The molecule has 0 saturated heterocycles. The van der Waals surface area contributed by atoms with E-state index in [-0.39, 0.29) is 24.9 Å². The summed E-state index contributed by atoms with van der Waals surface area (Å²) < 4.78 is 4.87. The smallest absolute Gasteiger partial charge is 0.239 e. The predicted octanol–water partition coefficient (Wildman–Crippen LogP) is -0.627. The summed E-state index contributed by atoms with van der Waals surface area (Å²) in [4.78, 5) is 24.4. The maximum absolute atomic E-state index is 11.6. The highest BCUT2D eigenvalue weighted by Crippen LogP contribution is 1.85. The van der Waals surface area contributed by atoms with Gasteiger partial charge in [-0.05, 0) is 6.42 Å². The molecule has 0 aliphatic rings. The normalized spacial score (nSPS) is 9.89. The van der Waals surface area contributed by atoms with E-state index in [9.17, 15) is 9.59 Å². The molecule has 0 saturated carbocycles. The van der Waals surface area contributed by atoms with E-state index < -0.39 is 0 Å². The Hall–Kier alpha value is -1.40. The highest BCUT2D eigenvalue weighted by atomic mass is 16.5. The molecule has 18 heavy (non-hydrogen) atoms. The molecule has 0 heterocycles. The molecule has 0 unspecified atom stereocenters. The highest BCUT2D eigenvalue weighted by molar-refractivity contribution is 5.85. The fourth-order valence-corrected chi connectivity index (χ4v) is 1.22. The van der Waals surface area contributed by atoms with Crippen LogP contribution in [0.15, 0.2) is 12.7 Å². The first-order valence-electron chi connectivity index (χ1n) is 5.93. The Morgan fingerprint density at radius 2 is 2.17 bits per heavy atom. The number of amides is 2. The number of carbonyl (C=O) groups is 2. The second kappa shape index (κ2) is 10.7. The van der Waals surface area contributed by atoms with Crippen molar-refractivity contribution in [1.29, 1.82) is 0 Å². The van der Waals surface area contributed by atoms with Gasteiger partial charge in [-0.2, -0.15) is 0 Å². The fraction of sp³-hybridized carbons (Fsp3) is 0.667. The summed E-state index contributed by atoms with van der Waals surface area (Å²) in [5.41, 5.74) is 0. The molecule has 0 spiro atoms. The third-order valence-electron chi connectivity index (χ3n) is 2.22. The zero-order chi connectivity index (χ0) is 13.8. The molecule has 0 aromatic carbocycles. The Balaban J connectivity index is 3.70.